The van der Waals surface area contributed by atoms with E-state index in [1.165, 1.54) is 0 Å². The van der Waals surface area contributed by atoms with Gasteiger partial charge in [0, 0.05) is 6.92 Å². The van der Waals surface area contributed by atoms with Crippen molar-refractivity contribution in [1.29, 1.82) is 0 Å². The van der Waals surface area contributed by atoms with Gasteiger partial charge in [0.25, 0.3) is 0 Å². The van der Waals surface area contributed by atoms with Crippen LogP contribution in [0.2, 0.25) is 0 Å². The van der Waals surface area contributed by atoms with Gasteiger partial charge in [-0.05, 0) is 0 Å². The lowest BCUT2D eigenvalue weighted by Gasteiger charge is -2.29. The van der Waals surface area contributed by atoms with Gasteiger partial charge in [-0.1, -0.05) is 0 Å². The van der Waals surface area contributed by atoms with Crippen LogP contribution in [0.15, 0.2) is 12.2 Å². The van der Waals surface area contributed by atoms with E-state index in [9.17, 15) is 35.1 Å². The second-order valence-electron chi connectivity index (χ2n) is 2.49. The van der Waals surface area contributed by atoms with Crippen LogP contribution < -0.4 is 0 Å². The first-order valence-corrected chi connectivity index (χ1v) is 3.08. The van der Waals surface area contributed by atoms with Gasteiger partial charge in [0.05, 0.1) is 0 Å². The van der Waals surface area contributed by atoms with Gasteiger partial charge in [-0.3, -0.25) is 0 Å². The average Bonchev–Trinajstić information content (AvgIpc) is 2.00. The Balaban J connectivity index is 5.29. The third-order valence-corrected chi connectivity index (χ3v) is 1.34. The van der Waals surface area contributed by atoms with Crippen LogP contribution in [0.5, 0.6) is 0 Å². The van der Waals surface area contributed by atoms with Crippen molar-refractivity contribution < 1.29 is 35.1 Å². The van der Waals surface area contributed by atoms with Crippen molar-refractivity contribution >= 4 is 0 Å². The van der Waals surface area contributed by atoms with Gasteiger partial charge >= 0.3 is 17.8 Å². The molecule has 0 saturated carbocycles. The minimum absolute atomic E-state index is 0.521. The van der Waals surface area contributed by atoms with Gasteiger partial charge in [0.2, 0.25) is 5.83 Å². The summed E-state index contributed by atoms with van der Waals surface area (Å²) >= 11 is 0. The molecule has 0 N–H and O–H groups in total. The van der Waals surface area contributed by atoms with Crippen molar-refractivity contribution in [2.24, 2.45) is 0 Å². The Morgan fingerprint density at radius 1 is 1.00 bits per heavy atom. The Kier molecular flexibility index (Phi) is 3.19. The highest BCUT2D eigenvalue weighted by Gasteiger charge is 2.71. The average molecular weight is 228 g/mol. The summed E-state index contributed by atoms with van der Waals surface area (Å²) in [5.74, 6) is -20.3. The Hall–Kier alpha value is -0.820. The number of hydrogen-bond acceptors (Lipinski definition) is 0. The molecule has 0 radical (unpaired) electrons. The van der Waals surface area contributed by atoms with E-state index in [2.05, 4.69) is 0 Å². The van der Waals surface area contributed by atoms with Gasteiger partial charge in [-0.15, -0.1) is 0 Å². The first-order chi connectivity index (χ1) is 5.98. The molecule has 0 heterocycles. The van der Waals surface area contributed by atoms with Crippen molar-refractivity contribution in [3.05, 3.63) is 12.2 Å². The topological polar surface area (TPSA) is 0 Å². The van der Waals surface area contributed by atoms with Crippen LogP contribution in [-0.2, 0) is 0 Å². The van der Waals surface area contributed by atoms with E-state index >= 15 is 0 Å². The molecule has 0 atom stereocenters. The van der Waals surface area contributed by atoms with Crippen molar-refractivity contribution in [3.63, 3.8) is 0 Å². The monoisotopic (exact) mass is 228 g/mol. The zero-order chi connectivity index (χ0) is 11.8. The van der Waals surface area contributed by atoms with E-state index in [0.717, 1.165) is 0 Å². The quantitative estimate of drug-likeness (QED) is 0.646. The second kappa shape index (κ2) is 3.39. The van der Waals surface area contributed by atoms with Crippen molar-refractivity contribution in [2.45, 2.75) is 24.7 Å². The van der Waals surface area contributed by atoms with Crippen molar-refractivity contribution in [3.8, 4) is 0 Å². The number of halogens is 8. The minimum atomic E-state index is -5.99. The zero-order valence-electron chi connectivity index (χ0n) is 6.60. The molecule has 0 saturated heterocycles. The first kappa shape index (κ1) is 13.2. The fourth-order valence-electron chi connectivity index (χ4n) is 0.494. The summed E-state index contributed by atoms with van der Waals surface area (Å²) in [5, 5.41) is 0. The molecule has 0 bridgehead atoms. The lowest BCUT2D eigenvalue weighted by Crippen LogP contribution is -2.52. The Morgan fingerprint density at radius 2 is 1.36 bits per heavy atom. The van der Waals surface area contributed by atoms with E-state index in [4.69, 9.17) is 0 Å². The number of hydrogen-bond donors (Lipinski definition) is 0. The normalized spacial score (nSPS) is 15.9. The molecule has 0 aliphatic heterocycles. The number of alkyl halides is 6. The summed E-state index contributed by atoms with van der Waals surface area (Å²) in [6.45, 7) is -0.521. The fourth-order valence-corrected chi connectivity index (χ4v) is 0.494. The van der Waals surface area contributed by atoms with E-state index in [-0.39, 0.29) is 0 Å². The standard InChI is InChI=1S/C6H4F8/c1-4(9,10)6(13,14)5(11,12)3(8)2-7/h2H,1H3. The van der Waals surface area contributed by atoms with Gasteiger partial charge in [-0.2, -0.15) is 26.3 Å². The third-order valence-electron chi connectivity index (χ3n) is 1.34. The molecular weight excluding hydrogens is 224 g/mol. The summed E-state index contributed by atoms with van der Waals surface area (Å²) in [6.07, 6.45) is -1.49. The van der Waals surface area contributed by atoms with Gasteiger partial charge < -0.3 is 0 Å². The van der Waals surface area contributed by atoms with E-state index in [0.29, 0.717) is 0 Å². The predicted octanol–water partition coefficient (Wildman–Crippen LogP) is 3.69. The highest BCUT2D eigenvalue weighted by molar-refractivity contribution is 5.11. The highest BCUT2D eigenvalue weighted by atomic mass is 19.3. The van der Waals surface area contributed by atoms with Crippen molar-refractivity contribution in [1.82, 2.24) is 0 Å². The lowest BCUT2D eigenvalue weighted by molar-refractivity contribution is -0.293. The summed E-state index contributed by atoms with van der Waals surface area (Å²) < 4.78 is 95.7. The smallest absolute Gasteiger partial charge is 0.212 e. The summed E-state index contributed by atoms with van der Waals surface area (Å²) in [5.41, 5.74) is 0. The lowest BCUT2D eigenvalue weighted by atomic mass is 10.1. The molecule has 0 fully saturated rings. The molecule has 0 aliphatic carbocycles. The molecule has 0 nitrogen and oxygen atoms in total. The summed E-state index contributed by atoms with van der Waals surface area (Å²) in [4.78, 5) is 0. The van der Waals surface area contributed by atoms with E-state index in [1.807, 2.05) is 0 Å². The van der Waals surface area contributed by atoms with E-state index < -0.39 is 36.8 Å². The molecular formula is C6H4F8. The van der Waals surface area contributed by atoms with Gasteiger partial charge in [0.1, 0.15) is 6.33 Å². The second-order valence-corrected chi connectivity index (χ2v) is 2.49. The molecule has 8 heteroatoms. The largest absolute Gasteiger partial charge is 0.378 e. The number of allylic oxidation sites excluding steroid dienone is 1. The molecule has 0 aromatic carbocycles. The van der Waals surface area contributed by atoms with Crippen LogP contribution in [0.25, 0.3) is 0 Å². The summed E-state index contributed by atoms with van der Waals surface area (Å²) in [6, 6.07) is 0. The maximum absolute atomic E-state index is 12.2. The Morgan fingerprint density at radius 3 is 1.57 bits per heavy atom. The minimum Gasteiger partial charge on any atom is -0.212 e. The zero-order valence-corrected chi connectivity index (χ0v) is 6.60. The van der Waals surface area contributed by atoms with Crippen LogP contribution in [0.1, 0.15) is 6.92 Å². The molecule has 14 heavy (non-hydrogen) atoms. The van der Waals surface area contributed by atoms with Gasteiger partial charge in [-0.25, -0.2) is 8.78 Å². The molecule has 0 spiro atoms. The fraction of sp³-hybridized carbons (Fsp3) is 0.667. The van der Waals surface area contributed by atoms with Crippen LogP contribution >= 0.6 is 0 Å². The van der Waals surface area contributed by atoms with Crippen molar-refractivity contribution in [2.75, 3.05) is 0 Å². The molecule has 0 amide bonds. The van der Waals surface area contributed by atoms with E-state index in [1.54, 1.807) is 0 Å². The predicted molar refractivity (Wildman–Crippen MR) is 30.8 cm³/mol. The molecule has 84 valence electrons. The van der Waals surface area contributed by atoms with Crippen LogP contribution in [-0.4, -0.2) is 17.8 Å². The SMILES string of the molecule is CC(F)(F)C(F)(F)C(F)(F)C(F)=CF. The third kappa shape index (κ3) is 1.83. The molecule has 0 unspecified atom stereocenters. The summed E-state index contributed by atoms with van der Waals surface area (Å²) in [7, 11) is 0. The Bertz CT molecular complexity index is 235. The maximum atomic E-state index is 12.2. The highest BCUT2D eigenvalue weighted by Crippen LogP contribution is 2.49. The Labute approximate surface area is 73.2 Å². The first-order valence-electron chi connectivity index (χ1n) is 3.08. The van der Waals surface area contributed by atoms with Gasteiger partial charge in [0.15, 0.2) is 0 Å². The van der Waals surface area contributed by atoms with Crippen LogP contribution in [0, 0.1) is 0 Å². The number of rotatable bonds is 3. The molecule has 0 aromatic heterocycles. The van der Waals surface area contributed by atoms with Crippen LogP contribution in [0.3, 0.4) is 0 Å². The maximum Gasteiger partial charge on any atom is 0.378 e. The molecule has 0 aliphatic rings. The molecule has 0 rings (SSSR count). The molecule has 0 aromatic rings. The van der Waals surface area contributed by atoms with Crippen LogP contribution in [0.4, 0.5) is 35.1 Å².